The van der Waals surface area contributed by atoms with E-state index in [1.54, 1.807) is 0 Å². The predicted molar refractivity (Wildman–Crippen MR) is 44.4 cm³/mol. The summed E-state index contributed by atoms with van der Waals surface area (Å²) < 4.78 is 29.2. The van der Waals surface area contributed by atoms with E-state index in [4.69, 9.17) is 5.11 Å². The van der Waals surface area contributed by atoms with Crippen LogP contribution in [0.1, 0.15) is 22.5 Å². The van der Waals surface area contributed by atoms with Gasteiger partial charge in [-0.1, -0.05) is 0 Å². The van der Waals surface area contributed by atoms with Crippen LogP contribution in [-0.2, 0) is 0 Å². The van der Waals surface area contributed by atoms with Crippen molar-refractivity contribution >= 4 is 5.97 Å². The summed E-state index contributed by atoms with van der Waals surface area (Å²) in [5, 5.41) is 17.7. The topological polar surface area (TPSA) is 79.7 Å². The summed E-state index contributed by atoms with van der Waals surface area (Å²) >= 11 is 0. The van der Waals surface area contributed by atoms with Gasteiger partial charge in [-0.05, 0) is 0 Å². The van der Waals surface area contributed by atoms with Gasteiger partial charge in [0.1, 0.15) is 0 Å². The third kappa shape index (κ3) is 2.12. The van der Waals surface area contributed by atoms with Crippen molar-refractivity contribution in [2.75, 3.05) is 7.11 Å². The smallest absolute Gasteiger partial charge is 0.358 e. The van der Waals surface area contributed by atoms with Crippen LogP contribution in [0.3, 0.4) is 0 Å². The van der Waals surface area contributed by atoms with Crippen LogP contribution in [-0.4, -0.2) is 28.3 Å². The van der Waals surface area contributed by atoms with Gasteiger partial charge in [-0.15, -0.1) is 0 Å². The number of nitrogens with zero attached hydrogens (tertiary/aromatic N) is 1. The number of aromatic carboxylic acids is 1. The average Bonchev–Trinajstić information content (AvgIpc) is 2.17. The number of hydrogen-bond donors (Lipinski definition) is 2. The molecule has 1 rings (SSSR count). The number of aromatic nitrogens is 1. The van der Waals surface area contributed by atoms with E-state index in [0.717, 1.165) is 13.2 Å². The number of ether oxygens (including phenoxy) is 1. The van der Waals surface area contributed by atoms with Crippen molar-refractivity contribution in [3.05, 3.63) is 17.3 Å². The maximum Gasteiger partial charge on any atom is 0.358 e. The number of pyridine rings is 1. The molecule has 1 aromatic rings. The maximum absolute atomic E-state index is 12.4. The molecule has 5 nitrogen and oxygen atoms in total. The Labute approximate surface area is 82.9 Å². The van der Waals surface area contributed by atoms with Gasteiger partial charge in [0, 0.05) is 6.07 Å². The largest absolute Gasteiger partial charge is 0.505 e. The molecule has 0 aliphatic carbocycles. The summed E-state index contributed by atoms with van der Waals surface area (Å²) in [6.45, 7) is 0. The Kier molecular flexibility index (Phi) is 3.03. The van der Waals surface area contributed by atoms with Crippen LogP contribution in [0.2, 0.25) is 0 Å². The van der Waals surface area contributed by atoms with Gasteiger partial charge in [-0.2, -0.15) is 0 Å². The molecule has 0 unspecified atom stereocenters. The Morgan fingerprint density at radius 1 is 1.60 bits per heavy atom. The van der Waals surface area contributed by atoms with E-state index in [9.17, 15) is 18.7 Å². The molecule has 0 amide bonds. The quantitative estimate of drug-likeness (QED) is 0.803. The van der Waals surface area contributed by atoms with Crippen LogP contribution in [0.25, 0.3) is 0 Å². The molecule has 1 aromatic heterocycles. The summed E-state index contributed by atoms with van der Waals surface area (Å²) in [5.41, 5.74) is -1.68. The van der Waals surface area contributed by atoms with Gasteiger partial charge >= 0.3 is 5.97 Å². The highest BCUT2D eigenvalue weighted by Gasteiger charge is 2.22. The first-order chi connectivity index (χ1) is 6.97. The van der Waals surface area contributed by atoms with Gasteiger partial charge in [0.25, 0.3) is 6.43 Å². The minimum Gasteiger partial charge on any atom is -0.505 e. The molecule has 0 saturated carbocycles. The van der Waals surface area contributed by atoms with E-state index in [-0.39, 0.29) is 5.88 Å². The highest BCUT2D eigenvalue weighted by molar-refractivity contribution is 5.89. The number of alkyl halides is 2. The standard InChI is InChI=1S/C8H7F2NO4/c1-15-4-2-3(7(9)10)6(12)5(11-4)8(13)14/h2,7,12H,1H3,(H,13,14). The third-order valence-electron chi connectivity index (χ3n) is 1.65. The molecule has 0 fully saturated rings. The highest BCUT2D eigenvalue weighted by atomic mass is 19.3. The molecule has 82 valence electrons. The van der Waals surface area contributed by atoms with Crippen molar-refractivity contribution in [2.24, 2.45) is 0 Å². The summed E-state index contributed by atoms with van der Waals surface area (Å²) in [6.07, 6.45) is -3.00. The Bertz CT molecular complexity index is 394. The van der Waals surface area contributed by atoms with Crippen molar-refractivity contribution in [1.82, 2.24) is 4.98 Å². The Hall–Kier alpha value is -1.92. The van der Waals surface area contributed by atoms with E-state index in [0.29, 0.717) is 0 Å². The first kappa shape index (κ1) is 11.2. The molecule has 0 aliphatic rings. The predicted octanol–water partition coefficient (Wildman–Crippen LogP) is 1.43. The van der Waals surface area contributed by atoms with Gasteiger partial charge < -0.3 is 14.9 Å². The van der Waals surface area contributed by atoms with Gasteiger partial charge in [-0.25, -0.2) is 18.6 Å². The van der Waals surface area contributed by atoms with Gasteiger partial charge in [0.2, 0.25) is 5.88 Å². The molecule has 2 N–H and O–H groups in total. The van der Waals surface area contributed by atoms with Crippen molar-refractivity contribution in [3.8, 4) is 11.6 Å². The summed E-state index contributed by atoms with van der Waals surface area (Å²) in [6, 6.07) is 0.784. The molecule has 0 aliphatic heterocycles. The molecule has 0 atom stereocenters. The van der Waals surface area contributed by atoms with Gasteiger partial charge in [0.15, 0.2) is 11.4 Å². The van der Waals surface area contributed by atoms with E-state index in [1.165, 1.54) is 0 Å². The Morgan fingerprint density at radius 3 is 2.60 bits per heavy atom. The molecule has 0 aromatic carbocycles. The molecule has 0 saturated heterocycles. The molecule has 0 spiro atoms. The number of methoxy groups -OCH3 is 1. The number of halogens is 2. The number of hydrogen-bond acceptors (Lipinski definition) is 4. The summed E-state index contributed by atoms with van der Waals surface area (Å²) in [4.78, 5) is 13.9. The van der Waals surface area contributed by atoms with Crippen LogP contribution < -0.4 is 4.74 Å². The van der Waals surface area contributed by atoms with Crippen LogP contribution in [0, 0.1) is 0 Å². The minimum absolute atomic E-state index is 0.291. The van der Waals surface area contributed by atoms with E-state index in [1.807, 2.05) is 0 Å². The van der Waals surface area contributed by atoms with Gasteiger partial charge in [-0.3, -0.25) is 0 Å². The zero-order valence-corrected chi connectivity index (χ0v) is 7.57. The molecular weight excluding hydrogens is 212 g/mol. The van der Waals surface area contributed by atoms with E-state index < -0.39 is 29.4 Å². The average molecular weight is 219 g/mol. The van der Waals surface area contributed by atoms with Crippen molar-refractivity contribution < 1.29 is 28.5 Å². The Balaban J connectivity index is 3.40. The minimum atomic E-state index is -3.00. The van der Waals surface area contributed by atoms with Crippen molar-refractivity contribution in [1.29, 1.82) is 0 Å². The van der Waals surface area contributed by atoms with E-state index in [2.05, 4.69) is 9.72 Å². The number of aromatic hydroxyl groups is 1. The fourth-order valence-electron chi connectivity index (χ4n) is 0.954. The lowest BCUT2D eigenvalue weighted by Gasteiger charge is -2.08. The SMILES string of the molecule is COc1cc(C(F)F)c(O)c(C(=O)O)n1. The molecule has 15 heavy (non-hydrogen) atoms. The molecule has 0 bridgehead atoms. The zero-order chi connectivity index (χ0) is 11.6. The molecule has 0 radical (unpaired) electrons. The van der Waals surface area contributed by atoms with Crippen LogP contribution >= 0.6 is 0 Å². The lowest BCUT2D eigenvalue weighted by atomic mass is 10.2. The second kappa shape index (κ2) is 4.07. The zero-order valence-electron chi connectivity index (χ0n) is 7.57. The number of carbonyl (C=O) groups is 1. The maximum atomic E-state index is 12.4. The first-order valence-electron chi connectivity index (χ1n) is 3.76. The molecule has 7 heteroatoms. The fraction of sp³-hybridized carbons (Fsp3) is 0.250. The van der Waals surface area contributed by atoms with Crippen LogP contribution in [0.15, 0.2) is 6.07 Å². The highest BCUT2D eigenvalue weighted by Crippen LogP contribution is 2.32. The summed E-state index contributed by atoms with van der Waals surface area (Å²) in [7, 11) is 1.15. The lowest BCUT2D eigenvalue weighted by Crippen LogP contribution is -2.05. The van der Waals surface area contributed by atoms with Gasteiger partial charge in [0.05, 0.1) is 12.7 Å². The van der Waals surface area contributed by atoms with Crippen molar-refractivity contribution in [3.63, 3.8) is 0 Å². The second-order valence-electron chi connectivity index (χ2n) is 2.56. The third-order valence-corrected chi connectivity index (χ3v) is 1.65. The monoisotopic (exact) mass is 219 g/mol. The first-order valence-corrected chi connectivity index (χ1v) is 3.76. The molecule has 1 heterocycles. The molecular formula is C8H7F2NO4. The summed E-state index contributed by atoms with van der Waals surface area (Å²) in [5.74, 6) is -2.94. The number of carboxylic acids is 1. The second-order valence-corrected chi connectivity index (χ2v) is 2.56. The number of carboxylic acid groups (broad SMARTS) is 1. The fourth-order valence-corrected chi connectivity index (χ4v) is 0.954. The van der Waals surface area contributed by atoms with Crippen LogP contribution in [0.4, 0.5) is 8.78 Å². The van der Waals surface area contributed by atoms with Crippen molar-refractivity contribution in [2.45, 2.75) is 6.43 Å². The number of rotatable bonds is 3. The lowest BCUT2D eigenvalue weighted by molar-refractivity contribution is 0.0684. The van der Waals surface area contributed by atoms with E-state index >= 15 is 0 Å². The Morgan fingerprint density at radius 2 is 2.20 bits per heavy atom. The normalized spacial score (nSPS) is 10.4. The van der Waals surface area contributed by atoms with Crippen LogP contribution in [0.5, 0.6) is 11.6 Å².